The van der Waals surface area contributed by atoms with Gasteiger partial charge in [0.1, 0.15) is 5.56 Å². The molecule has 2 aromatic rings. The summed E-state index contributed by atoms with van der Waals surface area (Å²) in [4.78, 5) is 25.9. The van der Waals surface area contributed by atoms with Crippen LogP contribution >= 0.6 is 0 Å². The molecule has 0 bridgehead atoms. The molecule has 0 fully saturated rings. The lowest BCUT2D eigenvalue weighted by Gasteiger charge is -2.09. The van der Waals surface area contributed by atoms with Gasteiger partial charge in [-0.15, -0.1) is 0 Å². The molecular weight excluding hydrogens is 285 g/mol. The number of nitrogens with one attached hydrogen (secondary N) is 2. The SMILES string of the molecule is Cc1cc[nH]c(=O)c1C(=O)Nc1ccc(C(F)(F)F)cc1. The number of carbonyl (C=O) groups excluding carboxylic acids is 1. The van der Waals surface area contributed by atoms with Gasteiger partial charge in [-0.1, -0.05) is 0 Å². The molecule has 7 heteroatoms. The number of amides is 1. The number of H-pyrrole nitrogens is 1. The number of pyridine rings is 1. The van der Waals surface area contributed by atoms with Crippen LogP contribution in [0, 0.1) is 6.92 Å². The summed E-state index contributed by atoms with van der Waals surface area (Å²) in [6, 6.07) is 5.54. The van der Waals surface area contributed by atoms with Crippen LogP contribution in [-0.4, -0.2) is 10.9 Å². The summed E-state index contributed by atoms with van der Waals surface area (Å²) in [7, 11) is 0. The second-order valence-electron chi connectivity index (χ2n) is 4.39. The van der Waals surface area contributed by atoms with Gasteiger partial charge in [0.15, 0.2) is 0 Å². The van der Waals surface area contributed by atoms with Crippen molar-refractivity contribution >= 4 is 11.6 Å². The summed E-state index contributed by atoms with van der Waals surface area (Å²) in [5.41, 5.74) is -0.787. The number of benzene rings is 1. The van der Waals surface area contributed by atoms with E-state index in [4.69, 9.17) is 0 Å². The van der Waals surface area contributed by atoms with Crippen molar-refractivity contribution in [2.24, 2.45) is 0 Å². The number of halogens is 3. The molecule has 0 unspecified atom stereocenters. The lowest BCUT2D eigenvalue weighted by Crippen LogP contribution is -2.24. The van der Waals surface area contributed by atoms with E-state index < -0.39 is 23.2 Å². The van der Waals surface area contributed by atoms with E-state index in [0.29, 0.717) is 5.56 Å². The molecule has 1 heterocycles. The zero-order valence-electron chi connectivity index (χ0n) is 10.9. The Morgan fingerprint density at radius 1 is 1.14 bits per heavy atom. The summed E-state index contributed by atoms with van der Waals surface area (Å²) in [6.07, 6.45) is -3.03. The summed E-state index contributed by atoms with van der Waals surface area (Å²) in [6.45, 7) is 1.59. The van der Waals surface area contributed by atoms with Crippen molar-refractivity contribution < 1.29 is 18.0 Å². The van der Waals surface area contributed by atoms with Gasteiger partial charge >= 0.3 is 6.18 Å². The van der Waals surface area contributed by atoms with E-state index in [1.807, 2.05) is 0 Å². The molecule has 0 spiro atoms. The first-order valence-corrected chi connectivity index (χ1v) is 5.96. The third-order valence-corrected chi connectivity index (χ3v) is 2.87. The minimum Gasteiger partial charge on any atom is -0.328 e. The summed E-state index contributed by atoms with van der Waals surface area (Å²) in [5, 5.41) is 2.39. The number of alkyl halides is 3. The zero-order valence-corrected chi connectivity index (χ0v) is 10.9. The predicted molar refractivity (Wildman–Crippen MR) is 71.2 cm³/mol. The molecule has 1 aromatic carbocycles. The Morgan fingerprint density at radius 3 is 2.29 bits per heavy atom. The van der Waals surface area contributed by atoms with E-state index in [-0.39, 0.29) is 11.3 Å². The average molecular weight is 296 g/mol. The molecule has 0 aliphatic heterocycles. The Labute approximate surface area is 117 Å². The van der Waals surface area contributed by atoms with E-state index in [2.05, 4.69) is 10.3 Å². The van der Waals surface area contributed by atoms with Crippen molar-refractivity contribution in [3.05, 3.63) is 63.6 Å². The van der Waals surface area contributed by atoms with E-state index >= 15 is 0 Å². The van der Waals surface area contributed by atoms with Crippen molar-refractivity contribution in [3.63, 3.8) is 0 Å². The largest absolute Gasteiger partial charge is 0.416 e. The van der Waals surface area contributed by atoms with Gasteiger partial charge in [0.05, 0.1) is 5.56 Å². The average Bonchev–Trinajstić information content (AvgIpc) is 2.38. The molecule has 110 valence electrons. The van der Waals surface area contributed by atoms with Crippen LogP contribution in [0.2, 0.25) is 0 Å². The lowest BCUT2D eigenvalue weighted by atomic mass is 10.1. The Bertz CT molecular complexity index is 718. The lowest BCUT2D eigenvalue weighted by molar-refractivity contribution is -0.137. The van der Waals surface area contributed by atoms with Crippen molar-refractivity contribution in [1.29, 1.82) is 0 Å². The second-order valence-corrected chi connectivity index (χ2v) is 4.39. The Kier molecular flexibility index (Phi) is 3.84. The monoisotopic (exact) mass is 296 g/mol. The van der Waals surface area contributed by atoms with Crippen molar-refractivity contribution in [2.75, 3.05) is 5.32 Å². The van der Waals surface area contributed by atoms with E-state index in [0.717, 1.165) is 24.3 Å². The maximum Gasteiger partial charge on any atom is 0.416 e. The van der Waals surface area contributed by atoms with Gasteiger partial charge in [0.2, 0.25) is 0 Å². The number of aryl methyl sites for hydroxylation is 1. The van der Waals surface area contributed by atoms with Crippen LogP contribution in [0.1, 0.15) is 21.5 Å². The Hall–Kier alpha value is -2.57. The molecular formula is C14H11F3N2O2. The third-order valence-electron chi connectivity index (χ3n) is 2.87. The van der Waals surface area contributed by atoms with Gasteiger partial charge in [-0.25, -0.2) is 0 Å². The molecule has 0 aliphatic carbocycles. The topological polar surface area (TPSA) is 62.0 Å². The molecule has 0 saturated carbocycles. The van der Waals surface area contributed by atoms with E-state index in [1.54, 1.807) is 13.0 Å². The number of anilines is 1. The van der Waals surface area contributed by atoms with Crippen LogP contribution in [0.25, 0.3) is 0 Å². The van der Waals surface area contributed by atoms with E-state index in [1.165, 1.54) is 6.20 Å². The molecule has 1 amide bonds. The molecule has 2 rings (SSSR count). The standard InChI is InChI=1S/C14H11F3N2O2/c1-8-6-7-18-12(20)11(8)13(21)19-10-4-2-9(3-5-10)14(15,16)17/h2-7H,1H3,(H,18,20)(H,19,21). The first-order valence-electron chi connectivity index (χ1n) is 5.96. The first kappa shape index (κ1) is 14.8. The number of rotatable bonds is 2. The minimum absolute atomic E-state index is 0.0719. The highest BCUT2D eigenvalue weighted by Gasteiger charge is 2.30. The summed E-state index contributed by atoms with van der Waals surface area (Å²) >= 11 is 0. The number of carbonyl (C=O) groups is 1. The molecule has 0 atom stereocenters. The Balaban J connectivity index is 2.23. The molecule has 1 aromatic heterocycles. The second kappa shape index (κ2) is 5.43. The number of hydrogen-bond donors (Lipinski definition) is 2. The van der Waals surface area contributed by atoms with Gasteiger partial charge in [-0.05, 0) is 42.8 Å². The molecule has 0 saturated heterocycles. The van der Waals surface area contributed by atoms with Crippen LogP contribution in [0.5, 0.6) is 0 Å². The maximum atomic E-state index is 12.4. The van der Waals surface area contributed by atoms with Gasteiger partial charge in [-0.3, -0.25) is 9.59 Å². The molecule has 21 heavy (non-hydrogen) atoms. The van der Waals surface area contributed by atoms with Gasteiger partial charge in [0.25, 0.3) is 11.5 Å². The van der Waals surface area contributed by atoms with Crippen LogP contribution in [0.15, 0.2) is 41.3 Å². The minimum atomic E-state index is -4.43. The zero-order chi connectivity index (χ0) is 15.6. The Morgan fingerprint density at radius 2 is 1.76 bits per heavy atom. The quantitative estimate of drug-likeness (QED) is 0.895. The fourth-order valence-corrected chi connectivity index (χ4v) is 1.80. The van der Waals surface area contributed by atoms with Crippen molar-refractivity contribution in [2.45, 2.75) is 13.1 Å². The highest BCUT2D eigenvalue weighted by Crippen LogP contribution is 2.29. The molecule has 0 radical (unpaired) electrons. The smallest absolute Gasteiger partial charge is 0.328 e. The van der Waals surface area contributed by atoms with Crippen LogP contribution in [0.3, 0.4) is 0 Å². The first-order chi connectivity index (χ1) is 9.79. The number of hydrogen-bond acceptors (Lipinski definition) is 2. The van der Waals surface area contributed by atoms with Crippen molar-refractivity contribution in [1.82, 2.24) is 4.98 Å². The summed E-state index contributed by atoms with van der Waals surface area (Å²) in [5.74, 6) is -0.672. The van der Waals surface area contributed by atoms with Crippen molar-refractivity contribution in [3.8, 4) is 0 Å². The number of aromatic amines is 1. The fourth-order valence-electron chi connectivity index (χ4n) is 1.80. The van der Waals surface area contributed by atoms with E-state index in [9.17, 15) is 22.8 Å². The van der Waals surface area contributed by atoms with Crippen LogP contribution in [0.4, 0.5) is 18.9 Å². The highest BCUT2D eigenvalue weighted by atomic mass is 19.4. The molecule has 4 nitrogen and oxygen atoms in total. The summed E-state index contributed by atoms with van der Waals surface area (Å²) < 4.78 is 37.3. The predicted octanol–water partition coefficient (Wildman–Crippen LogP) is 2.95. The normalized spacial score (nSPS) is 11.2. The third kappa shape index (κ3) is 3.31. The number of aromatic nitrogens is 1. The fraction of sp³-hybridized carbons (Fsp3) is 0.143. The molecule has 0 aliphatic rings. The van der Waals surface area contributed by atoms with Gasteiger partial charge < -0.3 is 10.3 Å². The van der Waals surface area contributed by atoms with Gasteiger partial charge in [-0.2, -0.15) is 13.2 Å². The van der Waals surface area contributed by atoms with Crippen LogP contribution in [-0.2, 0) is 6.18 Å². The highest BCUT2D eigenvalue weighted by molar-refractivity contribution is 6.04. The maximum absolute atomic E-state index is 12.4. The molecule has 2 N–H and O–H groups in total. The van der Waals surface area contributed by atoms with Crippen LogP contribution < -0.4 is 10.9 Å². The van der Waals surface area contributed by atoms with Gasteiger partial charge in [0, 0.05) is 11.9 Å².